The maximum absolute atomic E-state index is 11.1. The van der Waals surface area contributed by atoms with Crippen molar-refractivity contribution in [2.75, 3.05) is 20.2 Å². The van der Waals surface area contributed by atoms with E-state index in [1.807, 2.05) is 6.08 Å². The molecule has 0 spiro atoms. The number of carbonyl (C=O) groups is 1. The summed E-state index contributed by atoms with van der Waals surface area (Å²) in [7, 11) is 1.41. The van der Waals surface area contributed by atoms with Gasteiger partial charge in [0.05, 0.1) is 7.11 Å². The Morgan fingerprint density at radius 3 is 2.88 bits per heavy atom. The summed E-state index contributed by atoms with van der Waals surface area (Å²) in [6, 6.07) is 0. The van der Waals surface area contributed by atoms with Gasteiger partial charge in [-0.3, -0.25) is 0 Å². The first-order chi connectivity index (χ1) is 8.13. The maximum atomic E-state index is 11.1. The van der Waals surface area contributed by atoms with E-state index in [0.29, 0.717) is 5.57 Å². The number of methoxy groups -OCH3 is 1. The summed E-state index contributed by atoms with van der Waals surface area (Å²) in [6.07, 6.45) is 7.34. The molecule has 1 N–H and O–H groups in total. The molecule has 0 amide bonds. The normalized spacial score (nSPS) is 25.7. The zero-order valence-corrected chi connectivity index (χ0v) is 11.3. The van der Waals surface area contributed by atoms with E-state index in [-0.39, 0.29) is 5.97 Å². The van der Waals surface area contributed by atoms with Gasteiger partial charge < -0.3 is 10.1 Å². The van der Waals surface area contributed by atoms with Gasteiger partial charge >= 0.3 is 5.97 Å². The maximum Gasteiger partial charge on any atom is 0.333 e. The highest BCUT2D eigenvalue weighted by molar-refractivity contribution is 5.87. The molecule has 98 valence electrons. The van der Waals surface area contributed by atoms with Gasteiger partial charge in [0.25, 0.3) is 0 Å². The lowest BCUT2D eigenvalue weighted by atomic mass is 9.82. The summed E-state index contributed by atoms with van der Waals surface area (Å²) >= 11 is 0. The molecule has 0 radical (unpaired) electrons. The van der Waals surface area contributed by atoms with Crippen molar-refractivity contribution in [2.45, 2.75) is 39.5 Å². The second-order valence-electron chi connectivity index (χ2n) is 5.17. The fourth-order valence-corrected chi connectivity index (χ4v) is 2.50. The number of nitrogens with one attached hydrogen (secondary N) is 1. The Morgan fingerprint density at radius 2 is 2.24 bits per heavy atom. The van der Waals surface area contributed by atoms with Crippen LogP contribution >= 0.6 is 0 Å². The summed E-state index contributed by atoms with van der Waals surface area (Å²) in [4.78, 5) is 11.1. The lowest BCUT2D eigenvalue weighted by molar-refractivity contribution is -0.136. The Kier molecular flexibility index (Phi) is 6.27. The zero-order chi connectivity index (χ0) is 12.7. The van der Waals surface area contributed by atoms with Gasteiger partial charge in [0, 0.05) is 12.1 Å². The predicted octanol–water partition coefficient (Wildman–Crippen LogP) is 2.52. The van der Waals surface area contributed by atoms with Crippen molar-refractivity contribution in [1.29, 1.82) is 0 Å². The SMILES string of the molecule is COC(=O)C(C)=CCNCC1CCCC(C)C1. The topological polar surface area (TPSA) is 38.3 Å². The fraction of sp³-hybridized carbons (Fsp3) is 0.786. The molecule has 3 heteroatoms. The Hall–Kier alpha value is -0.830. The molecule has 0 aromatic rings. The molecule has 3 nitrogen and oxygen atoms in total. The molecule has 1 aliphatic carbocycles. The predicted molar refractivity (Wildman–Crippen MR) is 69.8 cm³/mol. The van der Waals surface area contributed by atoms with Gasteiger partial charge in [0.2, 0.25) is 0 Å². The van der Waals surface area contributed by atoms with Crippen LogP contribution in [-0.4, -0.2) is 26.2 Å². The molecule has 1 saturated carbocycles. The Labute approximate surface area is 105 Å². The van der Waals surface area contributed by atoms with Gasteiger partial charge in [-0.1, -0.05) is 25.8 Å². The number of hydrogen-bond acceptors (Lipinski definition) is 3. The molecule has 1 aliphatic rings. The molecule has 0 aromatic carbocycles. The highest BCUT2D eigenvalue weighted by atomic mass is 16.5. The summed E-state index contributed by atoms with van der Waals surface area (Å²) in [5, 5.41) is 3.40. The van der Waals surface area contributed by atoms with Crippen LogP contribution in [-0.2, 0) is 9.53 Å². The molecule has 1 fully saturated rings. The van der Waals surface area contributed by atoms with Crippen molar-refractivity contribution in [3.8, 4) is 0 Å². The van der Waals surface area contributed by atoms with Crippen molar-refractivity contribution in [1.82, 2.24) is 5.32 Å². The van der Waals surface area contributed by atoms with E-state index in [1.165, 1.54) is 32.8 Å². The van der Waals surface area contributed by atoms with E-state index in [0.717, 1.165) is 24.9 Å². The van der Waals surface area contributed by atoms with E-state index >= 15 is 0 Å². The van der Waals surface area contributed by atoms with Crippen molar-refractivity contribution < 1.29 is 9.53 Å². The minimum atomic E-state index is -0.238. The first kappa shape index (κ1) is 14.2. The molecule has 2 unspecified atom stereocenters. The van der Waals surface area contributed by atoms with Crippen LogP contribution in [0.15, 0.2) is 11.6 Å². The van der Waals surface area contributed by atoms with E-state index < -0.39 is 0 Å². The first-order valence-electron chi connectivity index (χ1n) is 6.59. The van der Waals surface area contributed by atoms with Crippen molar-refractivity contribution >= 4 is 5.97 Å². The van der Waals surface area contributed by atoms with Gasteiger partial charge in [-0.25, -0.2) is 4.79 Å². The molecule has 0 saturated heterocycles. The molecule has 17 heavy (non-hydrogen) atoms. The largest absolute Gasteiger partial charge is 0.466 e. The second kappa shape index (κ2) is 7.49. The molecule has 0 aromatic heterocycles. The minimum Gasteiger partial charge on any atom is -0.466 e. The quantitative estimate of drug-likeness (QED) is 0.455. The standard InChI is InChI=1S/C14H25NO2/c1-11-5-4-6-13(9-11)10-15-8-7-12(2)14(16)17-3/h7,11,13,15H,4-6,8-10H2,1-3H3. The van der Waals surface area contributed by atoms with Crippen LogP contribution in [0.5, 0.6) is 0 Å². The van der Waals surface area contributed by atoms with Crippen LogP contribution in [0.1, 0.15) is 39.5 Å². The number of ether oxygens (including phenoxy) is 1. The Bertz CT molecular complexity index is 273. The van der Waals surface area contributed by atoms with Gasteiger partial charge in [0.15, 0.2) is 0 Å². The van der Waals surface area contributed by atoms with Gasteiger partial charge in [-0.2, -0.15) is 0 Å². The molecular formula is C14H25NO2. The number of rotatable bonds is 5. The van der Waals surface area contributed by atoms with E-state index in [2.05, 4.69) is 17.0 Å². The molecular weight excluding hydrogens is 214 g/mol. The summed E-state index contributed by atoms with van der Waals surface area (Å²) in [6.45, 7) is 5.95. The first-order valence-corrected chi connectivity index (χ1v) is 6.59. The van der Waals surface area contributed by atoms with E-state index in [1.54, 1.807) is 6.92 Å². The Balaban J connectivity index is 2.17. The third-order valence-electron chi connectivity index (χ3n) is 3.54. The van der Waals surface area contributed by atoms with Crippen molar-refractivity contribution in [3.05, 3.63) is 11.6 Å². The summed E-state index contributed by atoms with van der Waals surface area (Å²) in [5.74, 6) is 1.45. The van der Waals surface area contributed by atoms with Crippen LogP contribution in [0.25, 0.3) is 0 Å². The Morgan fingerprint density at radius 1 is 1.47 bits per heavy atom. The van der Waals surface area contributed by atoms with Crippen molar-refractivity contribution in [2.24, 2.45) is 11.8 Å². The van der Waals surface area contributed by atoms with Crippen LogP contribution in [0.2, 0.25) is 0 Å². The van der Waals surface area contributed by atoms with E-state index in [9.17, 15) is 4.79 Å². The second-order valence-corrected chi connectivity index (χ2v) is 5.17. The number of esters is 1. The number of hydrogen-bond donors (Lipinski definition) is 1. The molecule has 0 aliphatic heterocycles. The van der Waals surface area contributed by atoms with Gasteiger partial charge in [-0.05, 0) is 38.1 Å². The van der Waals surface area contributed by atoms with Crippen LogP contribution in [0, 0.1) is 11.8 Å². The minimum absolute atomic E-state index is 0.238. The lowest BCUT2D eigenvalue weighted by Gasteiger charge is -2.26. The average Bonchev–Trinajstić information content (AvgIpc) is 2.33. The van der Waals surface area contributed by atoms with Crippen LogP contribution < -0.4 is 5.32 Å². The van der Waals surface area contributed by atoms with Crippen molar-refractivity contribution in [3.63, 3.8) is 0 Å². The average molecular weight is 239 g/mol. The fourth-order valence-electron chi connectivity index (χ4n) is 2.50. The molecule has 1 rings (SSSR count). The highest BCUT2D eigenvalue weighted by Crippen LogP contribution is 2.27. The highest BCUT2D eigenvalue weighted by Gasteiger charge is 2.17. The zero-order valence-electron chi connectivity index (χ0n) is 11.3. The smallest absolute Gasteiger partial charge is 0.333 e. The third-order valence-corrected chi connectivity index (χ3v) is 3.54. The molecule has 2 atom stereocenters. The van der Waals surface area contributed by atoms with Gasteiger partial charge in [-0.15, -0.1) is 0 Å². The number of carbonyl (C=O) groups excluding carboxylic acids is 1. The molecule has 0 heterocycles. The molecule has 0 bridgehead atoms. The third kappa shape index (κ3) is 5.35. The monoisotopic (exact) mass is 239 g/mol. The van der Waals surface area contributed by atoms with E-state index in [4.69, 9.17) is 0 Å². The lowest BCUT2D eigenvalue weighted by Crippen LogP contribution is -2.27. The van der Waals surface area contributed by atoms with Crippen LogP contribution in [0.3, 0.4) is 0 Å². The van der Waals surface area contributed by atoms with Gasteiger partial charge in [0.1, 0.15) is 0 Å². The summed E-state index contributed by atoms with van der Waals surface area (Å²) < 4.78 is 4.64. The van der Waals surface area contributed by atoms with Crippen LogP contribution in [0.4, 0.5) is 0 Å². The summed E-state index contributed by atoms with van der Waals surface area (Å²) in [5.41, 5.74) is 0.678.